The molecule has 5 nitrogen and oxygen atoms in total. The van der Waals surface area contributed by atoms with Gasteiger partial charge in [0.25, 0.3) is 0 Å². The zero-order chi connectivity index (χ0) is 14.3. The molecule has 1 aromatic rings. The van der Waals surface area contributed by atoms with Crippen molar-refractivity contribution in [2.24, 2.45) is 0 Å². The van der Waals surface area contributed by atoms with Crippen LogP contribution in [0.2, 0.25) is 0 Å². The minimum Gasteiger partial charge on any atom is -0.486 e. The molecule has 20 heavy (non-hydrogen) atoms. The Labute approximate surface area is 124 Å². The topological polar surface area (TPSA) is 72.8 Å². The number of halogens is 1. The van der Waals surface area contributed by atoms with Crippen molar-refractivity contribution < 1.29 is 24.2 Å². The lowest BCUT2D eigenvalue weighted by Gasteiger charge is -2.40. The molecule has 1 aliphatic carbocycles. The van der Waals surface area contributed by atoms with Gasteiger partial charge in [-0.2, -0.15) is 0 Å². The number of fused-ring (bicyclic) bond motifs is 1. The number of carbonyl (C=O) groups excluding carboxylic acids is 1. The third-order valence-corrected chi connectivity index (χ3v) is 4.71. The third kappa shape index (κ3) is 1.74. The summed E-state index contributed by atoms with van der Waals surface area (Å²) in [5.74, 6) is -0.0994. The first kappa shape index (κ1) is 13.4. The first-order chi connectivity index (χ1) is 9.60. The Morgan fingerprint density at radius 1 is 1.30 bits per heavy atom. The molecule has 0 bridgehead atoms. The lowest BCUT2D eigenvalue weighted by atomic mass is 9.64. The number of ether oxygens (including phenoxy) is 2. The van der Waals surface area contributed by atoms with E-state index in [4.69, 9.17) is 9.47 Å². The molecule has 1 fully saturated rings. The molecule has 1 aromatic carbocycles. The van der Waals surface area contributed by atoms with Crippen LogP contribution in [0, 0.1) is 0 Å². The summed E-state index contributed by atoms with van der Waals surface area (Å²) in [6.07, 6.45) is 2.71. The summed E-state index contributed by atoms with van der Waals surface area (Å²) in [7, 11) is 0. The van der Waals surface area contributed by atoms with Crippen molar-refractivity contribution in [3.63, 3.8) is 0 Å². The summed E-state index contributed by atoms with van der Waals surface area (Å²) in [6.45, 7) is 0.708. The Hall–Kier alpha value is -1.56. The predicted octanol–water partition coefficient (Wildman–Crippen LogP) is 2.54. The van der Waals surface area contributed by atoms with E-state index in [0.717, 1.165) is 6.42 Å². The normalized spacial score (nSPS) is 19.1. The van der Waals surface area contributed by atoms with E-state index >= 15 is 0 Å². The van der Waals surface area contributed by atoms with Crippen molar-refractivity contribution in [3.05, 3.63) is 21.7 Å². The number of aliphatic carboxylic acids is 1. The van der Waals surface area contributed by atoms with E-state index in [0.29, 0.717) is 59.4 Å². The molecule has 1 N–H and O–H groups in total. The minimum atomic E-state index is -0.922. The Morgan fingerprint density at radius 2 is 1.95 bits per heavy atom. The molecule has 2 aliphatic rings. The second-order valence-electron chi connectivity index (χ2n) is 5.03. The van der Waals surface area contributed by atoms with E-state index in [1.165, 1.54) is 0 Å². The highest BCUT2D eigenvalue weighted by Crippen LogP contribution is 2.52. The number of benzene rings is 1. The van der Waals surface area contributed by atoms with Crippen molar-refractivity contribution >= 4 is 28.2 Å². The van der Waals surface area contributed by atoms with Gasteiger partial charge < -0.3 is 14.6 Å². The second-order valence-corrected chi connectivity index (χ2v) is 5.89. The van der Waals surface area contributed by atoms with Crippen LogP contribution < -0.4 is 9.47 Å². The first-order valence-electron chi connectivity index (χ1n) is 6.41. The fourth-order valence-corrected chi connectivity index (χ4v) is 3.29. The maximum absolute atomic E-state index is 11.7. The second kappa shape index (κ2) is 4.77. The molecule has 0 saturated heterocycles. The molecular weight excluding hydrogens is 328 g/mol. The van der Waals surface area contributed by atoms with Gasteiger partial charge in [-0.05, 0) is 34.8 Å². The fourth-order valence-electron chi connectivity index (χ4n) is 2.79. The van der Waals surface area contributed by atoms with Gasteiger partial charge in [-0.1, -0.05) is 6.42 Å². The van der Waals surface area contributed by atoms with Crippen LogP contribution in [0.1, 0.15) is 35.2 Å². The van der Waals surface area contributed by atoms with Gasteiger partial charge in [0.05, 0.1) is 11.0 Å². The van der Waals surface area contributed by atoms with E-state index in [1.807, 2.05) is 0 Å². The molecule has 0 unspecified atom stereocenters. The van der Waals surface area contributed by atoms with Gasteiger partial charge in [0.2, 0.25) is 0 Å². The number of rotatable bonds is 3. The lowest BCUT2D eigenvalue weighted by molar-refractivity contribution is -0.147. The summed E-state index contributed by atoms with van der Waals surface area (Å²) in [5.41, 5.74) is 0.0427. The minimum absolute atomic E-state index is 0.350. The van der Waals surface area contributed by atoms with Gasteiger partial charge in [0, 0.05) is 10.0 Å². The van der Waals surface area contributed by atoms with Gasteiger partial charge in [-0.25, -0.2) is 0 Å². The lowest BCUT2D eigenvalue weighted by Crippen LogP contribution is -2.43. The molecular formula is C14H13BrO5. The quantitative estimate of drug-likeness (QED) is 0.856. The van der Waals surface area contributed by atoms with Crippen LogP contribution in [0.25, 0.3) is 0 Å². The van der Waals surface area contributed by atoms with Crippen molar-refractivity contribution in [2.75, 3.05) is 13.2 Å². The molecule has 1 heterocycles. The van der Waals surface area contributed by atoms with Crippen molar-refractivity contribution in [1.29, 1.82) is 0 Å². The molecule has 0 amide bonds. The van der Waals surface area contributed by atoms with Crippen LogP contribution >= 0.6 is 15.9 Å². The number of hydrogen-bond acceptors (Lipinski definition) is 4. The first-order valence-corrected chi connectivity index (χ1v) is 7.20. The summed E-state index contributed by atoms with van der Waals surface area (Å²) in [6, 6.07) is 1.69. The van der Waals surface area contributed by atoms with E-state index < -0.39 is 11.4 Å². The molecule has 0 aromatic heterocycles. The zero-order valence-electron chi connectivity index (χ0n) is 10.6. The van der Waals surface area contributed by atoms with Gasteiger partial charge >= 0.3 is 5.97 Å². The largest absolute Gasteiger partial charge is 0.486 e. The molecule has 1 saturated carbocycles. The van der Waals surface area contributed by atoms with Crippen molar-refractivity contribution in [1.82, 2.24) is 0 Å². The van der Waals surface area contributed by atoms with Gasteiger partial charge in [-0.15, -0.1) is 0 Å². The SMILES string of the molecule is O=Cc1c(Br)cc(C2(C(=O)O)CCC2)c2c1OCCO2. The Bertz CT molecular complexity index is 592. The van der Waals surface area contributed by atoms with Crippen LogP contribution in [0.3, 0.4) is 0 Å². The molecule has 6 heteroatoms. The summed E-state index contributed by atoms with van der Waals surface area (Å²) >= 11 is 3.32. The molecule has 3 rings (SSSR count). The molecule has 106 valence electrons. The molecule has 0 atom stereocenters. The standard InChI is InChI=1S/C14H13BrO5/c15-10-6-9(14(13(17)18)2-1-3-14)12-11(8(10)7-16)19-4-5-20-12/h6-7H,1-5H2,(H,17,18). The van der Waals surface area contributed by atoms with E-state index in [2.05, 4.69) is 15.9 Å². The third-order valence-electron chi connectivity index (χ3n) is 4.05. The van der Waals surface area contributed by atoms with E-state index in [9.17, 15) is 14.7 Å². The monoisotopic (exact) mass is 340 g/mol. The number of carboxylic acids is 1. The summed E-state index contributed by atoms with van der Waals surface area (Å²) < 4.78 is 11.7. The van der Waals surface area contributed by atoms with Gasteiger partial charge in [-0.3, -0.25) is 9.59 Å². The van der Waals surface area contributed by atoms with E-state index in [-0.39, 0.29) is 0 Å². The molecule has 0 spiro atoms. The van der Waals surface area contributed by atoms with Crippen LogP contribution in [0.5, 0.6) is 11.5 Å². The average molecular weight is 341 g/mol. The average Bonchev–Trinajstić information content (AvgIpc) is 2.37. The Morgan fingerprint density at radius 3 is 2.45 bits per heavy atom. The van der Waals surface area contributed by atoms with Gasteiger partial charge in [0.15, 0.2) is 17.8 Å². The van der Waals surface area contributed by atoms with Gasteiger partial charge in [0.1, 0.15) is 13.2 Å². The number of carbonyl (C=O) groups is 2. The van der Waals surface area contributed by atoms with Crippen LogP contribution in [-0.2, 0) is 10.2 Å². The number of aldehydes is 1. The summed E-state index contributed by atoms with van der Waals surface area (Å²) in [5, 5.41) is 9.57. The highest BCUT2D eigenvalue weighted by Gasteiger charge is 2.49. The predicted molar refractivity (Wildman–Crippen MR) is 73.7 cm³/mol. The highest BCUT2D eigenvalue weighted by atomic mass is 79.9. The maximum Gasteiger partial charge on any atom is 0.314 e. The zero-order valence-corrected chi connectivity index (χ0v) is 12.2. The van der Waals surface area contributed by atoms with Crippen molar-refractivity contribution in [3.8, 4) is 11.5 Å². The van der Waals surface area contributed by atoms with Crippen LogP contribution in [0.4, 0.5) is 0 Å². The Balaban J connectivity index is 2.24. The summed E-state index contributed by atoms with van der Waals surface area (Å²) in [4.78, 5) is 22.9. The Kier molecular flexibility index (Phi) is 3.20. The van der Waals surface area contributed by atoms with E-state index in [1.54, 1.807) is 6.07 Å². The van der Waals surface area contributed by atoms with Crippen molar-refractivity contribution in [2.45, 2.75) is 24.7 Å². The highest BCUT2D eigenvalue weighted by molar-refractivity contribution is 9.10. The van der Waals surface area contributed by atoms with Crippen LogP contribution in [0.15, 0.2) is 10.5 Å². The van der Waals surface area contributed by atoms with Crippen LogP contribution in [-0.4, -0.2) is 30.6 Å². The molecule has 0 radical (unpaired) electrons. The fraction of sp³-hybridized carbons (Fsp3) is 0.429. The number of hydrogen-bond donors (Lipinski definition) is 1. The maximum atomic E-state index is 11.7. The molecule has 1 aliphatic heterocycles. The smallest absolute Gasteiger partial charge is 0.314 e. The number of carboxylic acid groups (broad SMARTS) is 1.